The summed E-state index contributed by atoms with van der Waals surface area (Å²) < 4.78 is 2.16. The lowest BCUT2D eigenvalue weighted by Gasteiger charge is -2.36. The van der Waals surface area contributed by atoms with Crippen molar-refractivity contribution < 1.29 is 4.79 Å². The maximum absolute atomic E-state index is 12.7. The molecule has 28 heavy (non-hydrogen) atoms. The van der Waals surface area contributed by atoms with Gasteiger partial charge in [0.2, 0.25) is 0 Å². The number of nitrogens with zero attached hydrogens (tertiary/aromatic N) is 2. The van der Waals surface area contributed by atoms with Crippen LogP contribution >= 0.6 is 0 Å². The Morgan fingerprint density at radius 1 is 1.04 bits per heavy atom. The first-order valence-corrected chi connectivity index (χ1v) is 9.89. The van der Waals surface area contributed by atoms with Crippen LogP contribution in [0.15, 0.2) is 66.9 Å². The highest BCUT2D eigenvalue weighted by Gasteiger charge is 2.26. The minimum atomic E-state index is -0.0170. The monoisotopic (exact) mass is 373 g/mol. The van der Waals surface area contributed by atoms with E-state index < -0.39 is 0 Å². The summed E-state index contributed by atoms with van der Waals surface area (Å²) in [6.07, 6.45) is 3.12. The molecule has 0 aliphatic carbocycles. The molecule has 4 heteroatoms. The van der Waals surface area contributed by atoms with Crippen molar-refractivity contribution >= 4 is 5.91 Å². The molecule has 1 unspecified atom stereocenters. The number of hydrogen-bond acceptors (Lipinski definition) is 2. The molecule has 0 saturated carbocycles. The molecule has 1 amide bonds. The second-order valence-electron chi connectivity index (χ2n) is 7.62. The molecule has 4 rings (SSSR count). The van der Waals surface area contributed by atoms with Crippen LogP contribution in [0.1, 0.15) is 38.8 Å². The van der Waals surface area contributed by atoms with Crippen molar-refractivity contribution in [2.75, 3.05) is 13.1 Å². The van der Waals surface area contributed by atoms with Gasteiger partial charge in [0.15, 0.2) is 0 Å². The van der Waals surface area contributed by atoms with Crippen molar-refractivity contribution in [3.63, 3.8) is 0 Å². The number of rotatable bonds is 5. The zero-order valence-corrected chi connectivity index (χ0v) is 16.6. The minimum Gasteiger partial charge on any atom is -0.353 e. The van der Waals surface area contributed by atoms with Crippen molar-refractivity contribution in [3.8, 4) is 0 Å². The van der Waals surface area contributed by atoms with E-state index in [0.29, 0.717) is 12.1 Å². The van der Waals surface area contributed by atoms with E-state index in [-0.39, 0.29) is 11.9 Å². The first-order valence-electron chi connectivity index (χ1n) is 9.89. The third kappa shape index (κ3) is 3.87. The van der Waals surface area contributed by atoms with E-state index in [1.165, 1.54) is 16.8 Å². The SMILES string of the molecule is Cc1ccc(C(=O)NCC(c2cccn2C)N2CCc3ccccc3C2)cc1. The summed E-state index contributed by atoms with van der Waals surface area (Å²) in [6, 6.07) is 20.8. The molecule has 1 aliphatic heterocycles. The molecular weight excluding hydrogens is 346 g/mol. The fourth-order valence-corrected chi connectivity index (χ4v) is 4.02. The maximum Gasteiger partial charge on any atom is 0.251 e. The van der Waals surface area contributed by atoms with Gasteiger partial charge >= 0.3 is 0 Å². The van der Waals surface area contributed by atoms with Crippen LogP contribution < -0.4 is 5.32 Å². The Morgan fingerprint density at radius 2 is 1.79 bits per heavy atom. The molecule has 0 fully saturated rings. The topological polar surface area (TPSA) is 37.3 Å². The quantitative estimate of drug-likeness (QED) is 0.737. The lowest BCUT2D eigenvalue weighted by atomic mass is 9.97. The molecule has 0 saturated heterocycles. The number of benzene rings is 2. The van der Waals surface area contributed by atoms with Gasteiger partial charge in [-0.25, -0.2) is 0 Å². The Morgan fingerprint density at radius 3 is 2.50 bits per heavy atom. The van der Waals surface area contributed by atoms with Gasteiger partial charge in [-0.2, -0.15) is 0 Å². The van der Waals surface area contributed by atoms with Gasteiger partial charge in [-0.3, -0.25) is 9.69 Å². The molecule has 1 N–H and O–H groups in total. The van der Waals surface area contributed by atoms with Gasteiger partial charge in [0.25, 0.3) is 5.91 Å². The molecule has 1 aromatic heterocycles. The Kier molecular flexibility index (Phi) is 5.31. The maximum atomic E-state index is 12.7. The van der Waals surface area contributed by atoms with Crippen LogP contribution in [0.25, 0.3) is 0 Å². The van der Waals surface area contributed by atoms with Crippen LogP contribution in [-0.2, 0) is 20.0 Å². The fourth-order valence-electron chi connectivity index (χ4n) is 4.02. The minimum absolute atomic E-state index is 0.0170. The fraction of sp³-hybridized carbons (Fsp3) is 0.292. The third-order valence-corrected chi connectivity index (χ3v) is 5.70. The van der Waals surface area contributed by atoms with E-state index >= 15 is 0 Å². The third-order valence-electron chi connectivity index (χ3n) is 5.70. The summed E-state index contributed by atoms with van der Waals surface area (Å²) in [4.78, 5) is 15.1. The molecule has 2 heterocycles. The van der Waals surface area contributed by atoms with Crippen molar-refractivity contribution in [3.05, 3.63) is 94.8 Å². The molecule has 2 aromatic carbocycles. The highest BCUT2D eigenvalue weighted by molar-refractivity contribution is 5.94. The molecular formula is C24H27N3O. The van der Waals surface area contributed by atoms with Crippen LogP contribution in [0.3, 0.4) is 0 Å². The zero-order valence-electron chi connectivity index (χ0n) is 16.6. The molecule has 144 valence electrons. The van der Waals surface area contributed by atoms with Gasteiger partial charge in [-0.15, -0.1) is 0 Å². The second kappa shape index (κ2) is 8.03. The number of carbonyl (C=O) groups is 1. The average molecular weight is 374 g/mol. The largest absolute Gasteiger partial charge is 0.353 e. The van der Waals surface area contributed by atoms with Crippen LogP contribution in [-0.4, -0.2) is 28.5 Å². The molecule has 4 nitrogen and oxygen atoms in total. The van der Waals surface area contributed by atoms with Gasteiger partial charge in [-0.1, -0.05) is 42.0 Å². The number of aromatic nitrogens is 1. The summed E-state index contributed by atoms with van der Waals surface area (Å²) >= 11 is 0. The molecule has 1 aliphatic rings. The molecule has 0 bridgehead atoms. The van der Waals surface area contributed by atoms with E-state index in [0.717, 1.165) is 25.1 Å². The van der Waals surface area contributed by atoms with Crippen LogP contribution in [0.5, 0.6) is 0 Å². The summed E-state index contributed by atoms with van der Waals surface area (Å²) in [5.74, 6) is -0.0170. The summed E-state index contributed by atoms with van der Waals surface area (Å²) in [5.41, 5.74) is 5.92. The molecule has 3 aromatic rings. The number of amides is 1. The summed E-state index contributed by atoms with van der Waals surface area (Å²) in [6.45, 7) is 4.52. The predicted molar refractivity (Wildman–Crippen MR) is 112 cm³/mol. The number of aryl methyl sites for hydroxylation is 2. The standard InChI is InChI=1S/C24H27N3O/c1-18-9-11-20(12-10-18)24(28)25-16-23(22-8-5-14-26(22)2)27-15-13-19-6-3-4-7-21(19)17-27/h3-12,14,23H,13,15-17H2,1-2H3,(H,25,28). The van der Waals surface area contributed by atoms with Crippen molar-refractivity contribution in [2.45, 2.75) is 25.9 Å². The first kappa shape index (κ1) is 18.5. The lowest BCUT2D eigenvalue weighted by molar-refractivity contribution is 0.0925. The highest BCUT2D eigenvalue weighted by atomic mass is 16.1. The van der Waals surface area contributed by atoms with Crippen LogP contribution in [0.4, 0.5) is 0 Å². The number of nitrogens with one attached hydrogen (secondary N) is 1. The van der Waals surface area contributed by atoms with Crippen molar-refractivity contribution in [1.82, 2.24) is 14.8 Å². The van der Waals surface area contributed by atoms with Crippen molar-refractivity contribution in [1.29, 1.82) is 0 Å². The van der Waals surface area contributed by atoms with E-state index in [1.54, 1.807) is 0 Å². The van der Waals surface area contributed by atoms with Crippen molar-refractivity contribution in [2.24, 2.45) is 7.05 Å². The Labute approximate surface area is 166 Å². The smallest absolute Gasteiger partial charge is 0.251 e. The van der Waals surface area contributed by atoms with Gasteiger partial charge in [-0.05, 0) is 48.7 Å². The first-order chi connectivity index (χ1) is 13.6. The lowest BCUT2D eigenvalue weighted by Crippen LogP contribution is -2.41. The normalized spacial score (nSPS) is 15.1. The van der Waals surface area contributed by atoms with E-state index in [2.05, 4.69) is 64.4 Å². The summed E-state index contributed by atoms with van der Waals surface area (Å²) in [7, 11) is 2.07. The Hall–Kier alpha value is -2.85. The van der Waals surface area contributed by atoms with Gasteiger partial charge in [0.1, 0.15) is 0 Å². The Bertz CT molecular complexity index is 958. The number of hydrogen-bond donors (Lipinski definition) is 1. The van der Waals surface area contributed by atoms with Gasteiger partial charge < -0.3 is 9.88 Å². The Balaban J connectivity index is 1.53. The van der Waals surface area contributed by atoms with Gasteiger partial charge in [0, 0.05) is 44.1 Å². The van der Waals surface area contributed by atoms with Gasteiger partial charge in [0.05, 0.1) is 6.04 Å². The van der Waals surface area contributed by atoms with E-state index in [9.17, 15) is 4.79 Å². The average Bonchev–Trinajstić information content (AvgIpc) is 3.14. The van der Waals surface area contributed by atoms with Crippen LogP contribution in [0.2, 0.25) is 0 Å². The summed E-state index contributed by atoms with van der Waals surface area (Å²) in [5, 5.41) is 3.16. The number of carbonyl (C=O) groups excluding carboxylic acids is 1. The number of fused-ring (bicyclic) bond motifs is 1. The zero-order chi connectivity index (χ0) is 19.5. The molecule has 0 spiro atoms. The van der Waals surface area contributed by atoms with E-state index in [1.807, 2.05) is 31.2 Å². The van der Waals surface area contributed by atoms with Crippen LogP contribution in [0, 0.1) is 6.92 Å². The molecule has 1 atom stereocenters. The van der Waals surface area contributed by atoms with E-state index in [4.69, 9.17) is 0 Å². The predicted octanol–water partition coefficient (Wildman–Crippen LogP) is 3.86. The second-order valence-corrected chi connectivity index (χ2v) is 7.62. The molecule has 0 radical (unpaired) electrons. The highest BCUT2D eigenvalue weighted by Crippen LogP contribution is 2.27.